The Morgan fingerprint density at radius 1 is 1.07 bits per heavy atom. The Bertz CT molecular complexity index is 809. The highest BCUT2D eigenvalue weighted by molar-refractivity contribution is 7.89. The molecule has 0 unspecified atom stereocenters. The van der Waals surface area contributed by atoms with E-state index in [0.717, 1.165) is 11.1 Å². The van der Waals surface area contributed by atoms with Crippen molar-refractivity contribution in [3.63, 3.8) is 0 Å². The molecule has 1 aromatic rings. The van der Waals surface area contributed by atoms with Gasteiger partial charge in [-0.15, -0.1) is 0 Å². The predicted molar refractivity (Wildman–Crippen MR) is 108 cm³/mol. The lowest BCUT2D eigenvalue weighted by Crippen LogP contribution is -2.54. The number of piperazine rings is 1. The Balaban J connectivity index is 1.58. The fourth-order valence-corrected chi connectivity index (χ4v) is 5.66. The molecule has 0 N–H and O–H groups in total. The molecule has 3 rings (SSSR count). The smallest absolute Gasteiger partial charge is 0.243 e. The first-order chi connectivity index (χ1) is 13.2. The minimum atomic E-state index is -3.51. The van der Waals surface area contributed by atoms with Gasteiger partial charge in [0.1, 0.15) is 0 Å². The minimum absolute atomic E-state index is 0.0484. The second kappa shape index (κ2) is 8.49. The van der Waals surface area contributed by atoms with Gasteiger partial charge in [0.2, 0.25) is 15.9 Å². The number of nitrogens with zero attached hydrogens (tertiary/aromatic N) is 3. The molecule has 0 radical (unpaired) electrons. The van der Waals surface area contributed by atoms with Crippen LogP contribution in [-0.2, 0) is 19.6 Å². The van der Waals surface area contributed by atoms with Gasteiger partial charge in [0.05, 0.1) is 23.6 Å². The molecular formula is C20H31N3O4S. The summed E-state index contributed by atoms with van der Waals surface area (Å²) >= 11 is 0. The quantitative estimate of drug-likeness (QED) is 0.749. The standard InChI is InChI=1S/C20H31N3O4S/c1-15-5-6-16(2)19(11-15)28(25,26)23-9-7-21(8-10-23)14-20(24)22-12-17(3)27-18(4)13-22/h5-6,11,17-18H,7-10,12-14H2,1-4H3/t17-,18+. The van der Waals surface area contributed by atoms with E-state index in [1.807, 2.05) is 49.6 Å². The van der Waals surface area contributed by atoms with Crippen LogP contribution >= 0.6 is 0 Å². The van der Waals surface area contributed by atoms with Gasteiger partial charge in [-0.05, 0) is 44.9 Å². The molecule has 0 bridgehead atoms. The van der Waals surface area contributed by atoms with Gasteiger partial charge >= 0.3 is 0 Å². The first-order valence-corrected chi connectivity index (χ1v) is 11.3. The van der Waals surface area contributed by atoms with Crippen LogP contribution in [0.1, 0.15) is 25.0 Å². The molecule has 0 aliphatic carbocycles. The topological polar surface area (TPSA) is 70.2 Å². The van der Waals surface area contributed by atoms with Gasteiger partial charge in [0.25, 0.3) is 0 Å². The van der Waals surface area contributed by atoms with E-state index in [4.69, 9.17) is 4.74 Å². The second-order valence-corrected chi connectivity index (χ2v) is 9.91. The molecule has 1 aromatic carbocycles. The molecule has 2 aliphatic rings. The maximum atomic E-state index is 13.0. The summed E-state index contributed by atoms with van der Waals surface area (Å²) in [4.78, 5) is 16.9. The van der Waals surface area contributed by atoms with E-state index in [9.17, 15) is 13.2 Å². The number of morpholine rings is 1. The number of carbonyl (C=O) groups excluding carboxylic acids is 1. The lowest BCUT2D eigenvalue weighted by atomic mass is 10.2. The van der Waals surface area contributed by atoms with Gasteiger partial charge in [0, 0.05) is 39.3 Å². The van der Waals surface area contributed by atoms with Gasteiger partial charge < -0.3 is 9.64 Å². The Morgan fingerprint density at radius 2 is 1.68 bits per heavy atom. The summed E-state index contributed by atoms with van der Waals surface area (Å²) in [6, 6.07) is 5.51. The highest BCUT2D eigenvalue weighted by Crippen LogP contribution is 2.22. The van der Waals surface area contributed by atoms with E-state index in [2.05, 4.69) is 0 Å². The lowest BCUT2D eigenvalue weighted by molar-refractivity contribution is -0.144. The van der Waals surface area contributed by atoms with E-state index in [1.165, 1.54) is 4.31 Å². The minimum Gasteiger partial charge on any atom is -0.372 e. The SMILES string of the molecule is Cc1ccc(C)c(S(=O)(=O)N2CCN(CC(=O)N3C[C@@H](C)O[C@@H](C)C3)CC2)c1. The van der Waals surface area contributed by atoms with E-state index in [1.54, 1.807) is 6.07 Å². The van der Waals surface area contributed by atoms with Gasteiger partial charge in [-0.2, -0.15) is 4.31 Å². The molecule has 2 fully saturated rings. The van der Waals surface area contributed by atoms with Crippen molar-refractivity contribution in [2.24, 2.45) is 0 Å². The molecule has 1 amide bonds. The maximum Gasteiger partial charge on any atom is 0.243 e. The van der Waals surface area contributed by atoms with Crippen molar-refractivity contribution in [1.82, 2.24) is 14.1 Å². The number of aryl methyl sites for hydroxylation is 2. The molecule has 7 nitrogen and oxygen atoms in total. The third-order valence-electron chi connectivity index (χ3n) is 5.42. The first-order valence-electron chi connectivity index (χ1n) is 9.90. The largest absolute Gasteiger partial charge is 0.372 e. The predicted octanol–water partition coefficient (Wildman–Crippen LogP) is 1.25. The molecule has 2 atom stereocenters. The van der Waals surface area contributed by atoms with E-state index >= 15 is 0 Å². The molecule has 156 valence electrons. The Labute approximate surface area is 168 Å². The number of hydrogen-bond acceptors (Lipinski definition) is 5. The van der Waals surface area contributed by atoms with Crippen LogP contribution in [0.15, 0.2) is 23.1 Å². The number of sulfonamides is 1. The third-order valence-corrected chi connectivity index (χ3v) is 7.46. The summed E-state index contributed by atoms with van der Waals surface area (Å²) in [5.74, 6) is 0.0906. The normalized spacial score (nSPS) is 25.1. The van der Waals surface area contributed by atoms with Gasteiger partial charge in [-0.3, -0.25) is 9.69 Å². The number of amides is 1. The maximum absolute atomic E-state index is 13.0. The van der Waals surface area contributed by atoms with Crippen LogP contribution in [0.3, 0.4) is 0 Å². The molecule has 0 spiro atoms. The zero-order valence-corrected chi connectivity index (χ0v) is 18.0. The Hall–Kier alpha value is -1.48. The number of rotatable bonds is 4. The Kier molecular flexibility index (Phi) is 6.44. The Morgan fingerprint density at radius 3 is 2.29 bits per heavy atom. The zero-order chi connectivity index (χ0) is 20.5. The molecule has 0 aromatic heterocycles. The number of ether oxygens (including phenoxy) is 1. The summed E-state index contributed by atoms with van der Waals surface area (Å²) in [5.41, 5.74) is 1.70. The van der Waals surface area contributed by atoms with Gasteiger partial charge in [-0.1, -0.05) is 12.1 Å². The van der Waals surface area contributed by atoms with Crippen LogP contribution in [0, 0.1) is 13.8 Å². The molecule has 2 saturated heterocycles. The fourth-order valence-electron chi connectivity index (χ4n) is 3.93. The van der Waals surface area contributed by atoms with Crippen LogP contribution in [0.4, 0.5) is 0 Å². The van der Waals surface area contributed by atoms with Crippen LogP contribution in [-0.4, -0.2) is 86.5 Å². The molecular weight excluding hydrogens is 378 g/mol. The molecule has 28 heavy (non-hydrogen) atoms. The third kappa shape index (κ3) is 4.74. The van der Waals surface area contributed by atoms with Crippen molar-refractivity contribution in [2.45, 2.75) is 44.8 Å². The van der Waals surface area contributed by atoms with Crippen LogP contribution < -0.4 is 0 Å². The highest BCUT2D eigenvalue weighted by Gasteiger charge is 2.32. The number of benzene rings is 1. The summed E-state index contributed by atoms with van der Waals surface area (Å²) < 4.78 is 33.3. The summed E-state index contributed by atoms with van der Waals surface area (Å²) in [7, 11) is -3.51. The average molecular weight is 410 g/mol. The van der Waals surface area contributed by atoms with E-state index in [-0.39, 0.29) is 18.1 Å². The summed E-state index contributed by atoms with van der Waals surface area (Å²) in [6.07, 6.45) is 0.0968. The highest BCUT2D eigenvalue weighted by atomic mass is 32.2. The summed E-state index contributed by atoms with van der Waals surface area (Å²) in [5, 5.41) is 0. The fraction of sp³-hybridized carbons (Fsp3) is 0.650. The van der Waals surface area contributed by atoms with Gasteiger partial charge in [-0.25, -0.2) is 8.42 Å². The van der Waals surface area contributed by atoms with Crippen molar-refractivity contribution >= 4 is 15.9 Å². The van der Waals surface area contributed by atoms with Crippen molar-refractivity contribution < 1.29 is 17.9 Å². The van der Waals surface area contributed by atoms with Crippen LogP contribution in [0.25, 0.3) is 0 Å². The second-order valence-electron chi connectivity index (χ2n) is 8.01. The molecule has 2 heterocycles. The monoisotopic (exact) mass is 409 g/mol. The molecule has 2 aliphatic heterocycles. The first kappa shape index (κ1) is 21.2. The van der Waals surface area contributed by atoms with Crippen molar-refractivity contribution in [1.29, 1.82) is 0 Å². The van der Waals surface area contributed by atoms with Crippen LogP contribution in [0.5, 0.6) is 0 Å². The molecule has 0 saturated carbocycles. The average Bonchev–Trinajstić information content (AvgIpc) is 2.63. The molecule has 8 heteroatoms. The zero-order valence-electron chi connectivity index (χ0n) is 17.2. The van der Waals surface area contributed by atoms with Gasteiger partial charge in [0.15, 0.2) is 0 Å². The van der Waals surface area contributed by atoms with Crippen molar-refractivity contribution in [2.75, 3.05) is 45.8 Å². The number of hydrogen-bond donors (Lipinski definition) is 0. The lowest BCUT2D eigenvalue weighted by Gasteiger charge is -2.38. The number of carbonyl (C=O) groups is 1. The van der Waals surface area contributed by atoms with E-state index in [0.29, 0.717) is 50.7 Å². The van der Waals surface area contributed by atoms with E-state index < -0.39 is 10.0 Å². The summed E-state index contributed by atoms with van der Waals surface area (Å²) in [6.45, 7) is 11.2. The van der Waals surface area contributed by atoms with Crippen LogP contribution in [0.2, 0.25) is 0 Å². The van der Waals surface area contributed by atoms with Crippen molar-refractivity contribution in [3.8, 4) is 0 Å². The van der Waals surface area contributed by atoms with Crippen molar-refractivity contribution in [3.05, 3.63) is 29.3 Å².